The van der Waals surface area contributed by atoms with Gasteiger partial charge in [-0.05, 0) is 56.2 Å². The minimum atomic E-state index is -0.550. The van der Waals surface area contributed by atoms with Crippen LogP contribution in [0.1, 0.15) is 37.9 Å². The Bertz CT molecular complexity index is 853. The number of nitrogens with one attached hydrogen (secondary N) is 1. The van der Waals surface area contributed by atoms with Crippen molar-refractivity contribution < 1.29 is 14.3 Å². The summed E-state index contributed by atoms with van der Waals surface area (Å²) in [6.07, 6.45) is 3.80. The van der Waals surface area contributed by atoms with E-state index in [0.29, 0.717) is 0 Å². The maximum Gasteiger partial charge on any atom is 0.408 e. The van der Waals surface area contributed by atoms with Crippen molar-refractivity contribution in [1.82, 2.24) is 5.32 Å². The summed E-state index contributed by atoms with van der Waals surface area (Å²) >= 11 is 0. The third-order valence-electron chi connectivity index (χ3n) is 4.74. The van der Waals surface area contributed by atoms with E-state index in [-0.39, 0.29) is 12.1 Å². The molecular weight excluding hydrogens is 352 g/mol. The number of hydrogen-bond acceptors (Lipinski definition) is 4. The third kappa shape index (κ3) is 4.47. The van der Waals surface area contributed by atoms with Crippen molar-refractivity contribution in [2.24, 2.45) is 0 Å². The lowest BCUT2D eigenvalue weighted by Crippen LogP contribution is -2.46. The average molecular weight is 380 g/mol. The first-order valence-electron chi connectivity index (χ1n) is 9.42. The maximum atomic E-state index is 12.5. The Hall–Kier alpha value is -2.95. The van der Waals surface area contributed by atoms with Crippen LogP contribution in [0.3, 0.4) is 0 Å². The molecule has 2 aromatic rings. The van der Waals surface area contributed by atoms with Gasteiger partial charge >= 0.3 is 6.09 Å². The van der Waals surface area contributed by atoms with E-state index in [9.17, 15) is 4.79 Å². The summed E-state index contributed by atoms with van der Waals surface area (Å²) in [6, 6.07) is 15.7. The summed E-state index contributed by atoms with van der Waals surface area (Å²) in [6.45, 7) is 5.59. The van der Waals surface area contributed by atoms with Crippen LogP contribution in [0.2, 0.25) is 0 Å². The molecule has 0 aromatic heterocycles. The van der Waals surface area contributed by atoms with Crippen molar-refractivity contribution >= 4 is 17.9 Å². The molecular formula is C23H28N2O3. The SMILES string of the molecule is COc1ccc(N(C)[C@H]2C=Cc3ccccc3[C@@H]2NC(=O)OC(C)(C)C)cc1. The van der Waals surface area contributed by atoms with Crippen LogP contribution in [0.5, 0.6) is 5.75 Å². The molecule has 0 heterocycles. The van der Waals surface area contributed by atoms with E-state index < -0.39 is 11.7 Å². The smallest absolute Gasteiger partial charge is 0.408 e. The van der Waals surface area contributed by atoms with E-state index in [1.54, 1.807) is 7.11 Å². The third-order valence-corrected chi connectivity index (χ3v) is 4.74. The number of carbonyl (C=O) groups is 1. The van der Waals surface area contributed by atoms with Crippen LogP contribution in [-0.4, -0.2) is 31.9 Å². The second-order valence-electron chi connectivity index (χ2n) is 7.91. The topological polar surface area (TPSA) is 50.8 Å². The highest BCUT2D eigenvalue weighted by Gasteiger charge is 2.32. The van der Waals surface area contributed by atoms with E-state index in [1.807, 2.05) is 64.2 Å². The molecule has 5 heteroatoms. The van der Waals surface area contributed by atoms with E-state index in [0.717, 1.165) is 22.6 Å². The molecule has 148 valence electrons. The largest absolute Gasteiger partial charge is 0.497 e. The van der Waals surface area contributed by atoms with Gasteiger partial charge in [0.15, 0.2) is 0 Å². The minimum absolute atomic E-state index is 0.0594. The minimum Gasteiger partial charge on any atom is -0.497 e. The number of rotatable bonds is 4. The van der Waals surface area contributed by atoms with Crippen molar-refractivity contribution in [3.8, 4) is 5.75 Å². The van der Waals surface area contributed by atoms with E-state index in [1.165, 1.54) is 0 Å². The van der Waals surface area contributed by atoms with Crippen LogP contribution in [0.25, 0.3) is 6.08 Å². The highest BCUT2D eigenvalue weighted by Crippen LogP contribution is 2.33. The van der Waals surface area contributed by atoms with Crippen LogP contribution < -0.4 is 15.0 Å². The van der Waals surface area contributed by atoms with Gasteiger partial charge in [-0.3, -0.25) is 0 Å². The number of anilines is 1. The maximum absolute atomic E-state index is 12.5. The lowest BCUT2D eigenvalue weighted by atomic mass is 9.88. The van der Waals surface area contributed by atoms with Crippen LogP contribution in [0.15, 0.2) is 54.6 Å². The Kier molecular flexibility index (Phi) is 5.63. The molecule has 0 saturated carbocycles. The van der Waals surface area contributed by atoms with Gasteiger partial charge in [0.2, 0.25) is 0 Å². The standard InChI is InChI=1S/C23H28N2O3/c1-23(2,3)28-22(26)24-21-19-9-7-6-8-16(19)10-15-20(21)25(4)17-11-13-18(27-5)14-12-17/h6-15,20-21H,1-5H3,(H,24,26)/t20-,21-/m0/s1. The van der Waals surface area contributed by atoms with Crippen molar-refractivity contribution in [3.63, 3.8) is 0 Å². The van der Waals surface area contributed by atoms with E-state index >= 15 is 0 Å². The van der Waals surface area contributed by atoms with Gasteiger partial charge < -0.3 is 19.7 Å². The number of likely N-dealkylation sites (N-methyl/N-ethyl adjacent to an activating group) is 1. The Labute approximate surface area is 167 Å². The summed E-state index contributed by atoms with van der Waals surface area (Å²) in [7, 11) is 3.68. The lowest BCUT2D eigenvalue weighted by molar-refractivity contribution is 0.0499. The molecule has 1 N–H and O–H groups in total. The molecule has 28 heavy (non-hydrogen) atoms. The summed E-state index contributed by atoms with van der Waals surface area (Å²) < 4.78 is 10.8. The number of ether oxygens (including phenoxy) is 2. The van der Waals surface area contributed by atoms with Crippen molar-refractivity contribution in [2.45, 2.75) is 38.5 Å². The molecule has 0 saturated heterocycles. The number of amides is 1. The first-order chi connectivity index (χ1) is 13.3. The molecule has 3 rings (SSSR count). The molecule has 0 bridgehead atoms. The zero-order chi connectivity index (χ0) is 20.3. The summed E-state index contributed by atoms with van der Waals surface area (Å²) in [5, 5.41) is 3.08. The molecule has 0 radical (unpaired) electrons. The lowest BCUT2D eigenvalue weighted by Gasteiger charge is -2.38. The number of carbonyl (C=O) groups excluding carboxylic acids is 1. The first-order valence-corrected chi connectivity index (χ1v) is 9.42. The van der Waals surface area contributed by atoms with Gasteiger partial charge in [-0.15, -0.1) is 0 Å². The van der Waals surface area contributed by atoms with E-state index in [4.69, 9.17) is 9.47 Å². The summed E-state index contributed by atoms with van der Waals surface area (Å²) in [5.41, 5.74) is 2.65. The van der Waals surface area contributed by atoms with Gasteiger partial charge in [0.05, 0.1) is 19.2 Å². The van der Waals surface area contributed by atoms with Crippen LogP contribution in [0, 0.1) is 0 Å². The fourth-order valence-electron chi connectivity index (χ4n) is 3.38. The van der Waals surface area contributed by atoms with Crippen LogP contribution in [0.4, 0.5) is 10.5 Å². The Morgan fingerprint density at radius 2 is 1.75 bits per heavy atom. The average Bonchev–Trinajstić information content (AvgIpc) is 2.66. The number of nitrogens with zero attached hydrogens (tertiary/aromatic N) is 1. The van der Waals surface area contributed by atoms with Crippen molar-refractivity contribution in [1.29, 1.82) is 0 Å². The van der Waals surface area contributed by atoms with Gasteiger partial charge in [0.1, 0.15) is 11.4 Å². The monoisotopic (exact) mass is 380 g/mol. The van der Waals surface area contributed by atoms with Crippen molar-refractivity contribution in [2.75, 3.05) is 19.1 Å². The molecule has 1 aliphatic rings. The van der Waals surface area contributed by atoms with Gasteiger partial charge in [0, 0.05) is 12.7 Å². The van der Waals surface area contributed by atoms with Crippen LogP contribution in [-0.2, 0) is 4.74 Å². The molecule has 2 aromatic carbocycles. The van der Waals surface area contributed by atoms with Gasteiger partial charge in [0.25, 0.3) is 0 Å². The van der Waals surface area contributed by atoms with Crippen LogP contribution >= 0.6 is 0 Å². The van der Waals surface area contributed by atoms with Gasteiger partial charge in [-0.2, -0.15) is 0 Å². The molecule has 5 nitrogen and oxygen atoms in total. The van der Waals surface area contributed by atoms with Gasteiger partial charge in [-0.25, -0.2) is 4.79 Å². The molecule has 0 fully saturated rings. The molecule has 0 aliphatic heterocycles. The summed E-state index contributed by atoms with van der Waals surface area (Å²) in [4.78, 5) is 14.7. The molecule has 0 unspecified atom stereocenters. The number of hydrogen-bond donors (Lipinski definition) is 1. The zero-order valence-electron chi connectivity index (χ0n) is 17.1. The highest BCUT2D eigenvalue weighted by atomic mass is 16.6. The van der Waals surface area contributed by atoms with Gasteiger partial charge in [-0.1, -0.05) is 36.4 Å². The molecule has 1 aliphatic carbocycles. The second-order valence-corrected chi connectivity index (χ2v) is 7.91. The first kappa shape index (κ1) is 19.8. The molecule has 0 spiro atoms. The quantitative estimate of drug-likeness (QED) is 0.828. The fourth-order valence-corrected chi connectivity index (χ4v) is 3.38. The number of alkyl carbamates (subject to hydrolysis) is 1. The fraction of sp³-hybridized carbons (Fsp3) is 0.348. The van der Waals surface area contributed by atoms with E-state index in [2.05, 4.69) is 34.5 Å². The van der Waals surface area contributed by atoms with Crippen molar-refractivity contribution in [3.05, 3.63) is 65.7 Å². The second kappa shape index (κ2) is 7.97. The Morgan fingerprint density at radius 3 is 2.39 bits per heavy atom. The molecule has 2 atom stereocenters. The highest BCUT2D eigenvalue weighted by molar-refractivity contribution is 5.71. The number of benzene rings is 2. The Balaban J connectivity index is 1.90. The predicted molar refractivity (Wildman–Crippen MR) is 113 cm³/mol. The summed E-state index contributed by atoms with van der Waals surface area (Å²) in [5.74, 6) is 0.810. The zero-order valence-corrected chi connectivity index (χ0v) is 17.1. The predicted octanol–water partition coefficient (Wildman–Crippen LogP) is 4.79. The Morgan fingerprint density at radius 1 is 1.07 bits per heavy atom. The molecule has 1 amide bonds. The normalized spacial score (nSPS) is 18.2. The number of fused-ring (bicyclic) bond motifs is 1. The number of methoxy groups -OCH3 is 1.